The van der Waals surface area contributed by atoms with Crippen LogP contribution in [0, 0.1) is 0 Å². The summed E-state index contributed by atoms with van der Waals surface area (Å²) in [6, 6.07) is 7.46. The van der Waals surface area contributed by atoms with Crippen LogP contribution in [0.5, 0.6) is 0 Å². The number of cyclic esters (lactones) is 1. The first kappa shape index (κ1) is 11.0. The molecule has 0 radical (unpaired) electrons. The Hall–Kier alpha value is -1.51. The number of carbonyl (C=O) groups is 1. The summed E-state index contributed by atoms with van der Waals surface area (Å²) in [5.74, 6) is -0.229. The molecule has 0 aromatic heterocycles. The normalized spacial score (nSPS) is 23.2. The molecule has 1 aromatic rings. The molecule has 1 atom stereocenters. The van der Waals surface area contributed by atoms with Crippen molar-refractivity contribution in [3.8, 4) is 0 Å². The Kier molecular flexibility index (Phi) is 2.86. The SMILES string of the molecule is CCCCC1(C)Nc2ccccc2C(=O)O1. The Bertz CT molecular complexity index is 403. The standard InChI is InChI=1S/C13H17NO2/c1-3-4-9-13(2)14-11-8-6-5-7-10(11)12(15)16-13/h5-8,14H,3-4,9H2,1-2H3. The minimum Gasteiger partial charge on any atom is -0.436 e. The van der Waals surface area contributed by atoms with Gasteiger partial charge < -0.3 is 10.1 Å². The second-order valence-electron chi connectivity index (χ2n) is 4.39. The third-order valence-corrected chi connectivity index (χ3v) is 2.87. The van der Waals surface area contributed by atoms with Crippen LogP contribution in [-0.2, 0) is 4.74 Å². The Morgan fingerprint density at radius 3 is 2.88 bits per heavy atom. The van der Waals surface area contributed by atoms with Gasteiger partial charge in [0.15, 0.2) is 5.72 Å². The van der Waals surface area contributed by atoms with E-state index in [2.05, 4.69) is 12.2 Å². The largest absolute Gasteiger partial charge is 0.436 e. The van der Waals surface area contributed by atoms with Gasteiger partial charge in [-0.1, -0.05) is 25.5 Å². The first-order chi connectivity index (χ1) is 7.64. The number of carbonyl (C=O) groups excluding carboxylic acids is 1. The molecule has 0 saturated heterocycles. The quantitative estimate of drug-likeness (QED) is 0.793. The highest BCUT2D eigenvalue weighted by Crippen LogP contribution is 2.31. The summed E-state index contributed by atoms with van der Waals surface area (Å²) in [6.45, 7) is 4.05. The zero-order valence-corrected chi connectivity index (χ0v) is 9.75. The van der Waals surface area contributed by atoms with Gasteiger partial charge in [-0.05, 0) is 25.5 Å². The fourth-order valence-corrected chi connectivity index (χ4v) is 1.97. The van der Waals surface area contributed by atoms with Crippen LogP contribution in [0.4, 0.5) is 5.69 Å². The number of para-hydroxylation sites is 1. The van der Waals surface area contributed by atoms with Crippen molar-refractivity contribution in [3.05, 3.63) is 29.8 Å². The van der Waals surface area contributed by atoms with Crippen molar-refractivity contribution < 1.29 is 9.53 Å². The zero-order chi connectivity index (χ0) is 11.6. The number of esters is 1. The number of hydrogen-bond donors (Lipinski definition) is 1. The van der Waals surface area contributed by atoms with Crippen LogP contribution < -0.4 is 5.32 Å². The van der Waals surface area contributed by atoms with Crippen molar-refractivity contribution in [1.29, 1.82) is 0 Å². The average Bonchev–Trinajstić information content (AvgIpc) is 2.26. The third-order valence-electron chi connectivity index (χ3n) is 2.87. The molecule has 0 bridgehead atoms. The van der Waals surface area contributed by atoms with Gasteiger partial charge in [-0.3, -0.25) is 0 Å². The monoisotopic (exact) mass is 219 g/mol. The molecule has 1 aliphatic rings. The molecular weight excluding hydrogens is 202 g/mol. The Morgan fingerprint density at radius 1 is 1.38 bits per heavy atom. The summed E-state index contributed by atoms with van der Waals surface area (Å²) in [5, 5.41) is 3.30. The van der Waals surface area contributed by atoms with Crippen molar-refractivity contribution in [2.45, 2.75) is 38.8 Å². The van der Waals surface area contributed by atoms with E-state index in [1.807, 2.05) is 25.1 Å². The van der Waals surface area contributed by atoms with Gasteiger partial charge in [-0.25, -0.2) is 4.79 Å². The summed E-state index contributed by atoms with van der Waals surface area (Å²) in [7, 11) is 0. The maximum atomic E-state index is 11.8. The lowest BCUT2D eigenvalue weighted by Crippen LogP contribution is -2.43. The van der Waals surface area contributed by atoms with Gasteiger partial charge in [0.1, 0.15) is 0 Å². The van der Waals surface area contributed by atoms with E-state index in [1.54, 1.807) is 6.07 Å². The number of ether oxygens (including phenoxy) is 1. The Balaban J connectivity index is 2.23. The first-order valence-corrected chi connectivity index (χ1v) is 5.75. The first-order valence-electron chi connectivity index (χ1n) is 5.75. The molecule has 86 valence electrons. The lowest BCUT2D eigenvalue weighted by molar-refractivity contribution is -0.00479. The summed E-state index contributed by atoms with van der Waals surface area (Å²) < 4.78 is 5.45. The average molecular weight is 219 g/mol. The molecule has 16 heavy (non-hydrogen) atoms. The summed E-state index contributed by atoms with van der Waals surface area (Å²) >= 11 is 0. The van der Waals surface area contributed by atoms with Crippen molar-refractivity contribution in [1.82, 2.24) is 0 Å². The molecule has 1 N–H and O–H groups in total. The van der Waals surface area contributed by atoms with E-state index in [-0.39, 0.29) is 5.97 Å². The highest BCUT2D eigenvalue weighted by Gasteiger charge is 2.34. The van der Waals surface area contributed by atoms with Crippen LogP contribution in [-0.4, -0.2) is 11.7 Å². The van der Waals surface area contributed by atoms with E-state index in [4.69, 9.17) is 4.74 Å². The van der Waals surface area contributed by atoms with Crippen LogP contribution >= 0.6 is 0 Å². The predicted octanol–water partition coefficient (Wildman–Crippen LogP) is 3.18. The number of rotatable bonds is 3. The van der Waals surface area contributed by atoms with Crippen LogP contribution in [0.25, 0.3) is 0 Å². The highest BCUT2D eigenvalue weighted by molar-refractivity contribution is 5.97. The Morgan fingerprint density at radius 2 is 2.12 bits per heavy atom. The maximum Gasteiger partial charge on any atom is 0.342 e. The van der Waals surface area contributed by atoms with Gasteiger partial charge in [0.05, 0.1) is 11.3 Å². The molecule has 0 amide bonds. The maximum absolute atomic E-state index is 11.8. The number of fused-ring (bicyclic) bond motifs is 1. The van der Waals surface area contributed by atoms with Gasteiger partial charge in [0.2, 0.25) is 0 Å². The van der Waals surface area contributed by atoms with Crippen molar-refractivity contribution in [3.63, 3.8) is 0 Å². The van der Waals surface area contributed by atoms with Crippen molar-refractivity contribution >= 4 is 11.7 Å². The lowest BCUT2D eigenvalue weighted by Gasteiger charge is -2.36. The van der Waals surface area contributed by atoms with Gasteiger partial charge in [0.25, 0.3) is 0 Å². The van der Waals surface area contributed by atoms with Gasteiger partial charge in [-0.15, -0.1) is 0 Å². The van der Waals surface area contributed by atoms with Crippen LogP contribution in [0.15, 0.2) is 24.3 Å². The second kappa shape index (κ2) is 4.16. The number of anilines is 1. The topological polar surface area (TPSA) is 38.3 Å². The molecule has 2 rings (SSSR count). The van der Waals surface area contributed by atoms with E-state index < -0.39 is 5.72 Å². The predicted molar refractivity (Wildman–Crippen MR) is 63.4 cm³/mol. The summed E-state index contributed by atoms with van der Waals surface area (Å²) in [6.07, 6.45) is 2.97. The van der Waals surface area contributed by atoms with E-state index in [0.717, 1.165) is 24.9 Å². The van der Waals surface area contributed by atoms with Crippen molar-refractivity contribution in [2.24, 2.45) is 0 Å². The number of benzene rings is 1. The molecule has 0 aliphatic carbocycles. The molecule has 0 saturated carbocycles. The molecule has 3 nitrogen and oxygen atoms in total. The van der Waals surface area contributed by atoms with E-state index in [0.29, 0.717) is 5.56 Å². The molecule has 1 aliphatic heterocycles. The van der Waals surface area contributed by atoms with E-state index in [1.165, 1.54) is 0 Å². The number of nitrogens with one attached hydrogen (secondary N) is 1. The fraction of sp³-hybridized carbons (Fsp3) is 0.462. The molecule has 1 unspecified atom stereocenters. The Labute approximate surface area is 95.8 Å². The third kappa shape index (κ3) is 2.03. The molecule has 0 fully saturated rings. The molecular formula is C13H17NO2. The van der Waals surface area contributed by atoms with E-state index >= 15 is 0 Å². The fourth-order valence-electron chi connectivity index (χ4n) is 1.97. The minimum absolute atomic E-state index is 0.229. The van der Waals surface area contributed by atoms with Crippen LogP contribution in [0.3, 0.4) is 0 Å². The zero-order valence-electron chi connectivity index (χ0n) is 9.75. The van der Waals surface area contributed by atoms with Crippen molar-refractivity contribution in [2.75, 3.05) is 5.32 Å². The van der Waals surface area contributed by atoms with Crippen LogP contribution in [0.2, 0.25) is 0 Å². The minimum atomic E-state index is -0.554. The molecule has 3 heteroatoms. The smallest absolute Gasteiger partial charge is 0.342 e. The van der Waals surface area contributed by atoms with Gasteiger partial charge >= 0.3 is 5.97 Å². The summed E-state index contributed by atoms with van der Waals surface area (Å²) in [5.41, 5.74) is 0.940. The van der Waals surface area contributed by atoms with E-state index in [9.17, 15) is 4.79 Å². The van der Waals surface area contributed by atoms with Gasteiger partial charge in [-0.2, -0.15) is 0 Å². The summed E-state index contributed by atoms with van der Waals surface area (Å²) in [4.78, 5) is 11.8. The van der Waals surface area contributed by atoms with Gasteiger partial charge in [0, 0.05) is 6.42 Å². The lowest BCUT2D eigenvalue weighted by atomic mass is 10.0. The highest BCUT2D eigenvalue weighted by atomic mass is 16.6. The number of hydrogen-bond acceptors (Lipinski definition) is 3. The molecule has 0 spiro atoms. The molecule has 1 heterocycles. The van der Waals surface area contributed by atoms with Crippen LogP contribution in [0.1, 0.15) is 43.5 Å². The number of unbranched alkanes of at least 4 members (excludes halogenated alkanes) is 1. The molecule has 1 aromatic carbocycles. The second-order valence-corrected chi connectivity index (χ2v) is 4.39.